The highest BCUT2D eigenvalue weighted by atomic mass is 32.2. The summed E-state index contributed by atoms with van der Waals surface area (Å²) in [4.78, 5) is 14.4. The molecule has 0 radical (unpaired) electrons. The van der Waals surface area contributed by atoms with Crippen LogP contribution in [0.15, 0.2) is 23.1 Å². The van der Waals surface area contributed by atoms with Crippen molar-refractivity contribution in [2.45, 2.75) is 30.7 Å². The molecule has 114 valence electrons. The van der Waals surface area contributed by atoms with Crippen molar-refractivity contribution in [3.63, 3.8) is 0 Å². The second-order valence-electron chi connectivity index (χ2n) is 5.64. The lowest BCUT2D eigenvalue weighted by Crippen LogP contribution is -2.32. The highest BCUT2D eigenvalue weighted by Crippen LogP contribution is 2.29. The summed E-state index contributed by atoms with van der Waals surface area (Å²) < 4.78 is 25.8. The van der Waals surface area contributed by atoms with Crippen LogP contribution in [0.5, 0.6) is 0 Å². The van der Waals surface area contributed by atoms with Gasteiger partial charge in [0.1, 0.15) is 0 Å². The van der Waals surface area contributed by atoms with Crippen LogP contribution in [-0.4, -0.2) is 30.1 Å². The Morgan fingerprint density at radius 2 is 2.05 bits per heavy atom. The molecule has 21 heavy (non-hydrogen) atoms. The van der Waals surface area contributed by atoms with E-state index in [1.807, 2.05) is 13.8 Å². The van der Waals surface area contributed by atoms with Crippen LogP contribution in [0.25, 0.3) is 11.0 Å². The number of rotatable bonds is 4. The number of sulfone groups is 1. The van der Waals surface area contributed by atoms with Crippen LogP contribution in [-0.2, 0) is 20.2 Å². The average molecular weight is 327 g/mol. The molecule has 0 fully saturated rings. The molecule has 0 aliphatic carbocycles. The number of nitrogens with one attached hydrogen (secondary N) is 1. The number of carbonyl (C=O) groups excluding carboxylic acids is 1. The number of primary amides is 1. The van der Waals surface area contributed by atoms with E-state index in [2.05, 4.69) is 4.98 Å². The van der Waals surface area contributed by atoms with Crippen molar-refractivity contribution in [1.29, 1.82) is 0 Å². The van der Waals surface area contributed by atoms with Crippen molar-refractivity contribution >= 4 is 39.0 Å². The maximum absolute atomic E-state index is 11.9. The van der Waals surface area contributed by atoms with Gasteiger partial charge >= 0.3 is 0 Å². The van der Waals surface area contributed by atoms with Crippen molar-refractivity contribution in [3.05, 3.63) is 23.0 Å². The number of nitrogens with two attached hydrogens (primary N) is 1. The van der Waals surface area contributed by atoms with E-state index in [0.29, 0.717) is 15.8 Å². The first kappa shape index (κ1) is 15.7. The molecule has 1 aromatic heterocycles. The number of amides is 1. The van der Waals surface area contributed by atoms with E-state index in [1.165, 1.54) is 6.07 Å². The smallest absolute Gasteiger partial charge is 0.219 e. The molecular weight excluding hydrogens is 310 g/mol. The van der Waals surface area contributed by atoms with Crippen molar-refractivity contribution in [1.82, 2.24) is 9.55 Å². The summed E-state index contributed by atoms with van der Waals surface area (Å²) in [6.45, 7) is 3.65. The summed E-state index contributed by atoms with van der Waals surface area (Å²) in [6.07, 6.45) is 1.24. The van der Waals surface area contributed by atoms with Crippen LogP contribution in [0, 0.1) is 4.77 Å². The van der Waals surface area contributed by atoms with Gasteiger partial charge in [0.15, 0.2) is 14.6 Å². The summed E-state index contributed by atoms with van der Waals surface area (Å²) in [5.74, 6) is -0.449. The first-order valence-electron chi connectivity index (χ1n) is 6.26. The number of nitrogens with zero attached hydrogens (tertiary/aromatic N) is 1. The maximum atomic E-state index is 11.9. The van der Waals surface area contributed by atoms with Gasteiger partial charge in [-0.2, -0.15) is 0 Å². The molecule has 0 bridgehead atoms. The van der Waals surface area contributed by atoms with E-state index in [1.54, 1.807) is 16.7 Å². The summed E-state index contributed by atoms with van der Waals surface area (Å²) in [6, 6.07) is 4.94. The van der Waals surface area contributed by atoms with Gasteiger partial charge in [0.25, 0.3) is 0 Å². The fraction of sp³-hybridized carbons (Fsp3) is 0.385. The lowest BCUT2D eigenvalue weighted by Gasteiger charge is -2.26. The fourth-order valence-corrected chi connectivity index (χ4v) is 3.82. The number of carbonyl (C=O) groups is 1. The topological polar surface area (TPSA) is 97.9 Å². The number of para-hydroxylation sites is 1. The van der Waals surface area contributed by atoms with Gasteiger partial charge < -0.3 is 15.3 Å². The van der Waals surface area contributed by atoms with Crippen molar-refractivity contribution < 1.29 is 13.2 Å². The molecule has 1 heterocycles. The van der Waals surface area contributed by atoms with Crippen LogP contribution >= 0.6 is 12.2 Å². The molecule has 1 aromatic carbocycles. The van der Waals surface area contributed by atoms with E-state index < -0.39 is 21.3 Å². The largest absolute Gasteiger partial charge is 0.370 e. The molecule has 0 saturated heterocycles. The van der Waals surface area contributed by atoms with Crippen molar-refractivity contribution in [3.8, 4) is 0 Å². The monoisotopic (exact) mass is 327 g/mol. The number of hydrogen-bond donors (Lipinski definition) is 2. The molecule has 0 aliphatic rings. The third kappa shape index (κ3) is 2.86. The Labute approximate surface area is 127 Å². The van der Waals surface area contributed by atoms with Crippen LogP contribution in [0.3, 0.4) is 0 Å². The van der Waals surface area contributed by atoms with Crippen LogP contribution in [0.2, 0.25) is 0 Å². The summed E-state index contributed by atoms with van der Waals surface area (Å²) >= 11 is 5.30. The fourth-order valence-electron chi connectivity index (χ4n) is 2.52. The Morgan fingerprint density at radius 1 is 1.43 bits per heavy atom. The molecule has 2 aromatic rings. The molecule has 0 spiro atoms. The lowest BCUT2D eigenvalue weighted by atomic mass is 10.00. The number of hydrogen-bond acceptors (Lipinski definition) is 4. The van der Waals surface area contributed by atoms with Crippen molar-refractivity contribution in [2.75, 3.05) is 6.26 Å². The first-order chi connectivity index (χ1) is 9.54. The standard InChI is InChI=1S/C13H17N3O3S2/c1-13(2,7-10(14)17)16-8-5-4-6-9(21(3,18)19)11(8)15-12(16)20/h4-6H,7H2,1-3H3,(H2,14,17)(H,15,20). The van der Waals surface area contributed by atoms with Crippen LogP contribution < -0.4 is 5.73 Å². The van der Waals surface area contributed by atoms with Gasteiger partial charge in [0.05, 0.1) is 21.5 Å². The minimum atomic E-state index is -3.38. The predicted molar refractivity (Wildman–Crippen MR) is 83.4 cm³/mol. The Hall–Kier alpha value is -1.67. The van der Waals surface area contributed by atoms with Gasteiger partial charge in [-0.1, -0.05) is 6.07 Å². The first-order valence-corrected chi connectivity index (χ1v) is 8.56. The number of imidazole rings is 1. The quantitative estimate of drug-likeness (QED) is 0.835. The highest BCUT2D eigenvalue weighted by molar-refractivity contribution is 7.91. The number of benzene rings is 1. The zero-order chi connectivity index (χ0) is 16.0. The molecule has 1 amide bonds. The number of aromatic amines is 1. The molecule has 0 unspecified atom stereocenters. The second kappa shape index (κ2) is 4.96. The average Bonchev–Trinajstić information content (AvgIpc) is 2.61. The maximum Gasteiger partial charge on any atom is 0.219 e. The Kier molecular flexibility index (Phi) is 3.71. The summed E-state index contributed by atoms with van der Waals surface area (Å²) in [7, 11) is -3.38. The van der Waals surface area contributed by atoms with Gasteiger partial charge in [-0.3, -0.25) is 4.79 Å². The minimum Gasteiger partial charge on any atom is -0.370 e. The Morgan fingerprint density at radius 3 is 2.57 bits per heavy atom. The zero-order valence-electron chi connectivity index (χ0n) is 12.0. The van der Waals surface area contributed by atoms with Gasteiger partial charge in [0.2, 0.25) is 5.91 Å². The third-order valence-corrected chi connectivity index (χ3v) is 4.72. The van der Waals surface area contributed by atoms with Gasteiger partial charge in [-0.25, -0.2) is 8.42 Å². The van der Waals surface area contributed by atoms with E-state index in [4.69, 9.17) is 18.0 Å². The van der Waals surface area contributed by atoms with Gasteiger partial charge in [-0.15, -0.1) is 0 Å². The molecule has 2 rings (SSSR count). The van der Waals surface area contributed by atoms with E-state index >= 15 is 0 Å². The number of fused-ring (bicyclic) bond motifs is 1. The Bertz CT molecular complexity index is 876. The SMILES string of the molecule is CC(C)(CC(N)=O)n1c(=S)[nH]c2c(S(C)(=O)=O)cccc21. The van der Waals surface area contributed by atoms with E-state index in [0.717, 1.165) is 6.26 Å². The minimum absolute atomic E-state index is 0.0946. The predicted octanol–water partition coefficient (Wildman–Crippen LogP) is 1.71. The number of aromatic nitrogens is 2. The van der Waals surface area contributed by atoms with Gasteiger partial charge in [-0.05, 0) is 38.2 Å². The normalized spacial score (nSPS) is 12.7. The molecule has 0 aliphatic heterocycles. The van der Waals surface area contributed by atoms with Crippen LogP contribution in [0.4, 0.5) is 0 Å². The third-order valence-electron chi connectivity index (χ3n) is 3.29. The van der Waals surface area contributed by atoms with Crippen LogP contribution in [0.1, 0.15) is 20.3 Å². The molecule has 6 nitrogen and oxygen atoms in total. The molecule has 8 heteroatoms. The molecule has 0 saturated carbocycles. The van der Waals surface area contributed by atoms with Crippen molar-refractivity contribution in [2.24, 2.45) is 5.73 Å². The zero-order valence-corrected chi connectivity index (χ0v) is 13.6. The van der Waals surface area contributed by atoms with E-state index in [-0.39, 0.29) is 11.3 Å². The molecule has 0 atom stereocenters. The summed E-state index contributed by atoms with van der Waals surface area (Å²) in [5.41, 5.74) is 5.71. The Balaban J connectivity index is 2.82. The van der Waals surface area contributed by atoms with E-state index in [9.17, 15) is 13.2 Å². The second-order valence-corrected chi connectivity index (χ2v) is 8.01. The molecular formula is C13H17N3O3S2. The highest BCUT2D eigenvalue weighted by Gasteiger charge is 2.27. The molecule has 3 N–H and O–H groups in total. The van der Waals surface area contributed by atoms with Gasteiger partial charge in [0, 0.05) is 12.7 Å². The lowest BCUT2D eigenvalue weighted by molar-refractivity contribution is -0.119. The summed E-state index contributed by atoms with van der Waals surface area (Å²) in [5, 5.41) is 0. The number of H-pyrrole nitrogens is 1.